The highest BCUT2D eigenvalue weighted by Crippen LogP contribution is 2.30. The van der Waals surface area contributed by atoms with Gasteiger partial charge in [0, 0.05) is 24.8 Å². The molecule has 138 valence electrons. The molecule has 2 atom stereocenters. The number of thiazole rings is 1. The third-order valence-electron chi connectivity index (χ3n) is 4.56. The standard InChI is InChI=1S/C17H18F2N4O2S/c18-12-4-1-9(5-13(12)19)21-17-22-16(20)15(26-17)14(24)8-23-6-10-2-3-11(7-23)25-10/h1,4-5,10-11H,2-3,6-8,20H2,(H,21,22)/t10-,11+. The Bertz CT molecular complexity index is 832. The van der Waals surface area contributed by atoms with Crippen LogP contribution in [0.2, 0.25) is 0 Å². The average molecular weight is 380 g/mol. The van der Waals surface area contributed by atoms with Crippen molar-refractivity contribution in [3.63, 3.8) is 0 Å². The number of anilines is 3. The van der Waals surface area contributed by atoms with Gasteiger partial charge < -0.3 is 15.8 Å². The first-order valence-corrected chi connectivity index (χ1v) is 9.19. The predicted molar refractivity (Wildman–Crippen MR) is 94.8 cm³/mol. The van der Waals surface area contributed by atoms with Crippen LogP contribution in [0.4, 0.5) is 25.4 Å². The first-order valence-electron chi connectivity index (χ1n) is 8.37. The van der Waals surface area contributed by atoms with Crippen molar-refractivity contribution in [2.45, 2.75) is 25.0 Å². The Morgan fingerprint density at radius 3 is 2.73 bits per heavy atom. The summed E-state index contributed by atoms with van der Waals surface area (Å²) in [7, 11) is 0. The van der Waals surface area contributed by atoms with E-state index in [1.807, 2.05) is 0 Å². The third-order valence-corrected chi connectivity index (χ3v) is 5.59. The van der Waals surface area contributed by atoms with Crippen LogP contribution in [0.15, 0.2) is 18.2 Å². The summed E-state index contributed by atoms with van der Waals surface area (Å²) in [5.41, 5.74) is 6.22. The van der Waals surface area contributed by atoms with Crippen molar-refractivity contribution in [1.29, 1.82) is 0 Å². The predicted octanol–water partition coefficient (Wildman–Crippen LogP) is 2.79. The Balaban J connectivity index is 1.43. The molecule has 2 fully saturated rings. The number of benzene rings is 1. The highest BCUT2D eigenvalue weighted by atomic mass is 32.1. The number of nitrogen functional groups attached to an aromatic ring is 1. The summed E-state index contributed by atoms with van der Waals surface area (Å²) < 4.78 is 32.1. The number of nitrogens with one attached hydrogen (secondary N) is 1. The number of nitrogens with zero attached hydrogens (tertiary/aromatic N) is 2. The SMILES string of the molecule is Nc1nc(Nc2ccc(F)c(F)c2)sc1C(=O)CN1C[C@H]2CC[C@@H](C1)O2. The van der Waals surface area contributed by atoms with Crippen LogP contribution in [-0.2, 0) is 4.74 Å². The van der Waals surface area contributed by atoms with Crippen LogP contribution in [0, 0.1) is 11.6 Å². The zero-order chi connectivity index (χ0) is 18.3. The van der Waals surface area contributed by atoms with Gasteiger partial charge in [-0.15, -0.1) is 0 Å². The first kappa shape index (κ1) is 17.3. The van der Waals surface area contributed by atoms with Gasteiger partial charge in [-0.25, -0.2) is 13.8 Å². The number of ketones is 1. The van der Waals surface area contributed by atoms with E-state index in [-0.39, 0.29) is 30.4 Å². The fourth-order valence-corrected chi connectivity index (χ4v) is 4.22. The summed E-state index contributed by atoms with van der Waals surface area (Å²) in [6.07, 6.45) is 2.51. The number of halogens is 2. The maximum atomic E-state index is 13.3. The lowest BCUT2D eigenvalue weighted by Gasteiger charge is -2.31. The van der Waals surface area contributed by atoms with Crippen molar-refractivity contribution in [3.8, 4) is 0 Å². The van der Waals surface area contributed by atoms with E-state index in [4.69, 9.17) is 10.5 Å². The molecule has 0 radical (unpaired) electrons. The molecule has 0 unspecified atom stereocenters. The van der Waals surface area contributed by atoms with Gasteiger partial charge in [0.1, 0.15) is 10.7 Å². The minimum atomic E-state index is -0.960. The number of hydrogen-bond donors (Lipinski definition) is 2. The lowest BCUT2D eigenvalue weighted by molar-refractivity contribution is -0.0355. The van der Waals surface area contributed by atoms with Crippen molar-refractivity contribution in [3.05, 3.63) is 34.7 Å². The number of aromatic nitrogens is 1. The van der Waals surface area contributed by atoms with Gasteiger partial charge >= 0.3 is 0 Å². The molecular formula is C17H18F2N4O2S. The van der Waals surface area contributed by atoms with Crippen LogP contribution in [0.25, 0.3) is 0 Å². The fraction of sp³-hybridized carbons (Fsp3) is 0.412. The zero-order valence-electron chi connectivity index (χ0n) is 13.9. The molecule has 3 heterocycles. The van der Waals surface area contributed by atoms with Gasteiger partial charge in [-0.2, -0.15) is 0 Å². The van der Waals surface area contributed by atoms with Gasteiger partial charge in [-0.3, -0.25) is 9.69 Å². The van der Waals surface area contributed by atoms with E-state index in [0.29, 0.717) is 15.7 Å². The van der Waals surface area contributed by atoms with Gasteiger partial charge in [0.2, 0.25) is 0 Å². The normalized spacial score (nSPS) is 22.5. The number of fused-ring (bicyclic) bond motifs is 2. The maximum absolute atomic E-state index is 13.3. The molecule has 2 aliphatic rings. The van der Waals surface area contributed by atoms with E-state index in [1.54, 1.807) is 0 Å². The van der Waals surface area contributed by atoms with Crippen molar-refractivity contribution < 1.29 is 18.3 Å². The van der Waals surface area contributed by atoms with Crippen LogP contribution in [0.5, 0.6) is 0 Å². The van der Waals surface area contributed by atoms with E-state index >= 15 is 0 Å². The second kappa shape index (κ2) is 6.90. The van der Waals surface area contributed by atoms with Crippen LogP contribution in [0.1, 0.15) is 22.5 Å². The maximum Gasteiger partial charge on any atom is 0.190 e. The number of carbonyl (C=O) groups is 1. The average Bonchev–Trinajstić information content (AvgIpc) is 3.13. The van der Waals surface area contributed by atoms with Gasteiger partial charge in [-0.1, -0.05) is 11.3 Å². The molecule has 2 aromatic rings. The van der Waals surface area contributed by atoms with Gasteiger partial charge in [0.05, 0.1) is 18.8 Å². The first-order chi connectivity index (χ1) is 12.5. The molecule has 0 spiro atoms. The highest BCUT2D eigenvalue weighted by molar-refractivity contribution is 7.18. The molecule has 2 bridgehead atoms. The smallest absolute Gasteiger partial charge is 0.190 e. The van der Waals surface area contributed by atoms with Gasteiger partial charge in [-0.05, 0) is 25.0 Å². The number of ether oxygens (including phenoxy) is 1. The lowest BCUT2D eigenvalue weighted by atomic mass is 10.2. The number of nitrogens with two attached hydrogens (primary N) is 1. The summed E-state index contributed by atoms with van der Waals surface area (Å²) >= 11 is 1.11. The molecule has 0 saturated carbocycles. The Morgan fingerprint density at radius 1 is 1.31 bits per heavy atom. The Labute approximate surface area is 153 Å². The van der Waals surface area contributed by atoms with E-state index < -0.39 is 11.6 Å². The highest BCUT2D eigenvalue weighted by Gasteiger charge is 2.34. The van der Waals surface area contributed by atoms with Gasteiger partial charge in [0.15, 0.2) is 22.5 Å². The molecule has 2 aliphatic heterocycles. The molecule has 9 heteroatoms. The molecule has 1 aromatic heterocycles. The number of carbonyl (C=O) groups excluding carboxylic acids is 1. The molecule has 4 rings (SSSR count). The number of morpholine rings is 1. The van der Waals surface area contributed by atoms with Crippen molar-refractivity contribution in [1.82, 2.24) is 9.88 Å². The number of rotatable bonds is 5. The third kappa shape index (κ3) is 3.55. The van der Waals surface area contributed by atoms with Crippen molar-refractivity contribution in [2.75, 3.05) is 30.7 Å². The Kier molecular flexibility index (Phi) is 4.60. The molecule has 3 N–H and O–H groups in total. The number of hydrogen-bond acceptors (Lipinski definition) is 7. The molecule has 2 saturated heterocycles. The summed E-state index contributed by atoms with van der Waals surface area (Å²) in [6, 6.07) is 3.44. The molecule has 0 aliphatic carbocycles. The molecule has 0 amide bonds. The van der Waals surface area contributed by atoms with Crippen LogP contribution in [0.3, 0.4) is 0 Å². The Hall–Kier alpha value is -2.10. The minimum Gasteiger partial charge on any atom is -0.382 e. The van der Waals surface area contributed by atoms with Crippen LogP contribution in [-0.4, -0.2) is 47.5 Å². The van der Waals surface area contributed by atoms with E-state index in [9.17, 15) is 13.6 Å². The van der Waals surface area contributed by atoms with E-state index in [1.165, 1.54) is 6.07 Å². The summed E-state index contributed by atoms with van der Waals surface area (Å²) in [6.45, 7) is 1.77. The van der Waals surface area contributed by atoms with Gasteiger partial charge in [0.25, 0.3) is 0 Å². The molecule has 6 nitrogen and oxygen atoms in total. The topological polar surface area (TPSA) is 80.5 Å². The summed E-state index contributed by atoms with van der Waals surface area (Å²) in [5.74, 6) is -1.84. The van der Waals surface area contributed by atoms with Crippen molar-refractivity contribution in [2.24, 2.45) is 0 Å². The second-order valence-electron chi connectivity index (χ2n) is 6.56. The molecule has 26 heavy (non-hydrogen) atoms. The number of Topliss-reactive ketones (excluding diaryl/α,β-unsaturated/α-hetero) is 1. The Morgan fingerprint density at radius 2 is 2.04 bits per heavy atom. The molecule has 1 aromatic carbocycles. The monoisotopic (exact) mass is 380 g/mol. The molecular weight excluding hydrogens is 362 g/mol. The zero-order valence-corrected chi connectivity index (χ0v) is 14.7. The van der Waals surface area contributed by atoms with E-state index in [0.717, 1.165) is 49.4 Å². The summed E-state index contributed by atoms with van der Waals surface area (Å²) in [4.78, 5) is 19.2. The van der Waals surface area contributed by atoms with Crippen molar-refractivity contribution >= 4 is 33.8 Å². The largest absolute Gasteiger partial charge is 0.382 e. The van der Waals surface area contributed by atoms with Crippen LogP contribution >= 0.6 is 11.3 Å². The second-order valence-corrected chi connectivity index (χ2v) is 7.56. The quantitative estimate of drug-likeness (QED) is 0.777. The van der Waals surface area contributed by atoms with Crippen LogP contribution < -0.4 is 11.1 Å². The minimum absolute atomic E-state index is 0.0976. The fourth-order valence-electron chi connectivity index (χ4n) is 3.39. The summed E-state index contributed by atoms with van der Waals surface area (Å²) in [5, 5.41) is 3.21. The van der Waals surface area contributed by atoms with E-state index in [2.05, 4.69) is 15.2 Å². The lowest BCUT2D eigenvalue weighted by Crippen LogP contribution is -2.44. The number of likely N-dealkylation sites (tertiary alicyclic amines) is 1.